The van der Waals surface area contributed by atoms with E-state index in [1.54, 1.807) is 0 Å². The Morgan fingerprint density at radius 2 is 1.94 bits per heavy atom. The van der Waals surface area contributed by atoms with E-state index in [2.05, 4.69) is 4.84 Å². The molecule has 2 atom stereocenters. The number of halogens is 3. The summed E-state index contributed by atoms with van der Waals surface area (Å²) in [6, 6.07) is -0.299. The first kappa shape index (κ1) is 14.2. The number of amides is 1. The topological polar surface area (TPSA) is 64.4 Å². The van der Waals surface area contributed by atoms with Crippen molar-refractivity contribution in [2.45, 2.75) is 44.3 Å². The van der Waals surface area contributed by atoms with Gasteiger partial charge in [0.1, 0.15) is 0 Å². The SMILES string of the molecule is NC1CCCCCC1C(=O)NOCC(F)(F)F. The Morgan fingerprint density at radius 1 is 1.29 bits per heavy atom. The summed E-state index contributed by atoms with van der Waals surface area (Å²) >= 11 is 0. The number of nitrogens with one attached hydrogen (secondary N) is 1. The zero-order chi connectivity index (χ0) is 12.9. The summed E-state index contributed by atoms with van der Waals surface area (Å²) in [4.78, 5) is 15.7. The van der Waals surface area contributed by atoms with Crippen LogP contribution in [0.1, 0.15) is 32.1 Å². The predicted octanol–water partition coefficient (Wildman–Crippen LogP) is 1.50. The quantitative estimate of drug-likeness (QED) is 0.592. The third kappa shape index (κ3) is 5.36. The molecule has 1 amide bonds. The summed E-state index contributed by atoms with van der Waals surface area (Å²) in [6.45, 7) is -1.49. The molecule has 7 heteroatoms. The molecular formula is C10H17F3N2O2. The number of carbonyl (C=O) groups is 1. The summed E-state index contributed by atoms with van der Waals surface area (Å²) in [5.41, 5.74) is 7.63. The molecule has 0 aliphatic heterocycles. The number of carbonyl (C=O) groups excluding carboxylic acids is 1. The van der Waals surface area contributed by atoms with E-state index >= 15 is 0 Å². The van der Waals surface area contributed by atoms with Crippen molar-refractivity contribution in [3.05, 3.63) is 0 Å². The van der Waals surface area contributed by atoms with Crippen molar-refractivity contribution in [3.63, 3.8) is 0 Å². The molecule has 1 aliphatic rings. The highest BCUT2D eigenvalue weighted by atomic mass is 19.4. The van der Waals surface area contributed by atoms with E-state index < -0.39 is 24.6 Å². The molecule has 100 valence electrons. The van der Waals surface area contributed by atoms with Crippen LogP contribution in [0.5, 0.6) is 0 Å². The second-order valence-corrected chi connectivity index (χ2v) is 4.28. The molecule has 0 heterocycles. The summed E-state index contributed by atoms with van der Waals surface area (Å²) in [5.74, 6) is -1.01. The first-order chi connectivity index (χ1) is 7.90. The lowest BCUT2D eigenvalue weighted by Gasteiger charge is -2.20. The molecule has 2 unspecified atom stereocenters. The standard InChI is InChI=1S/C10H17F3N2O2/c11-10(12,13)6-17-15-9(16)7-4-2-1-3-5-8(7)14/h7-8H,1-6,14H2,(H,15,16). The van der Waals surface area contributed by atoms with Crippen molar-refractivity contribution < 1.29 is 22.8 Å². The average Bonchev–Trinajstić information content (AvgIpc) is 2.40. The van der Waals surface area contributed by atoms with Crippen LogP contribution >= 0.6 is 0 Å². The molecule has 3 N–H and O–H groups in total. The van der Waals surface area contributed by atoms with Crippen LogP contribution < -0.4 is 11.2 Å². The van der Waals surface area contributed by atoms with Gasteiger partial charge >= 0.3 is 6.18 Å². The Balaban J connectivity index is 2.35. The fourth-order valence-corrected chi connectivity index (χ4v) is 1.93. The lowest BCUT2D eigenvalue weighted by molar-refractivity contribution is -0.193. The van der Waals surface area contributed by atoms with Gasteiger partial charge in [0.15, 0.2) is 6.61 Å². The van der Waals surface area contributed by atoms with Gasteiger partial charge in [-0.05, 0) is 12.8 Å². The third-order valence-electron chi connectivity index (χ3n) is 2.81. The fraction of sp³-hybridized carbons (Fsp3) is 0.900. The van der Waals surface area contributed by atoms with Crippen molar-refractivity contribution in [3.8, 4) is 0 Å². The monoisotopic (exact) mass is 254 g/mol. The van der Waals surface area contributed by atoms with Gasteiger partial charge in [-0.2, -0.15) is 13.2 Å². The largest absolute Gasteiger partial charge is 0.414 e. The van der Waals surface area contributed by atoms with Crippen LogP contribution in [-0.4, -0.2) is 24.7 Å². The van der Waals surface area contributed by atoms with Crippen LogP contribution in [0, 0.1) is 5.92 Å². The maximum absolute atomic E-state index is 11.8. The molecule has 0 bridgehead atoms. The Morgan fingerprint density at radius 3 is 2.59 bits per heavy atom. The molecule has 1 fully saturated rings. The van der Waals surface area contributed by atoms with Crippen molar-refractivity contribution in [1.29, 1.82) is 0 Å². The van der Waals surface area contributed by atoms with E-state index in [0.29, 0.717) is 6.42 Å². The highest BCUT2D eigenvalue weighted by molar-refractivity contribution is 5.78. The Bertz CT molecular complexity index is 258. The van der Waals surface area contributed by atoms with E-state index in [1.807, 2.05) is 5.48 Å². The van der Waals surface area contributed by atoms with E-state index in [0.717, 1.165) is 25.7 Å². The van der Waals surface area contributed by atoms with Crippen LogP contribution in [0.4, 0.5) is 13.2 Å². The zero-order valence-electron chi connectivity index (χ0n) is 9.43. The summed E-state index contributed by atoms with van der Waals surface area (Å²) in [7, 11) is 0. The number of nitrogens with two attached hydrogens (primary N) is 1. The minimum Gasteiger partial charge on any atom is -0.327 e. The number of alkyl halides is 3. The molecule has 17 heavy (non-hydrogen) atoms. The highest BCUT2D eigenvalue weighted by Crippen LogP contribution is 2.22. The predicted molar refractivity (Wildman–Crippen MR) is 54.7 cm³/mol. The molecule has 1 saturated carbocycles. The number of rotatable bonds is 3. The molecule has 0 aromatic carbocycles. The molecule has 0 radical (unpaired) electrons. The van der Waals surface area contributed by atoms with Gasteiger partial charge in [-0.25, -0.2) is 5.48 Å². The Labute approximate surface area is 97.6 Å². The lowest BCUT2D eigenvalue weighted by atomic mass is 9.95. The van der Waals surface area contributed by atoms with Gasteiger partial charge in [-0.3, -0.25) is 9.63 Å². The van der Waals surface area contributed by atoms with Crippen LogP contribution in [0.3, 0.4) is 0 Å². The van der Waals surface area contributed by atoms with Crippen LogP contribution in [0.15, 0.2) is 0 Å². The van der Waals surface area contributed by atoms with E-state index in [-0.39, 0.29) is 6.04 Å². The number of hydroxylamine groups is 1. The van der Waals surface area contributed by atoms with Gasteiger partial charge in [-0.1, -0.05) is 19.3 Å². The minimum absolute atomic E-state index is 0.299. The maximum Gasteiger partial charge on any atom is 0.414 e. The first-order valence-electron chi connectivity index (χ1n) is 5.64. The maximum atomic E-state index is 11.8. The molecule has 1 rings (SSSR count). The van der Waals surface area contributed by atoms with E-state index in [1.165, 1.54) is 0 Å². The summed E-state index contributed by atoms with van der Waals surface area (Å²) in [6.07, 6.45) is -0.307. The molecular weight excluding hydrogens is 237 g/mol. The van der Waals surface area contributed by atoms with Gasteiger partial charge in [0.05, 0.1) is 5.92 Å². The van der Waals surface area contributed by atoms with Gasteiger partial charge in [0.25, 0.3) is 0 Å². The Hall–Kier alpha value is -0.820. The first-order valence-corrected chi connectivity index (χ1v) is 5.64. The summed E-state index contributed by atoms with van der Waals surface area (Å²) < 4.78 is 35.4. The highest BCUT2D eigenvalue weighted by Gasteiger charge is 2.30. The molecule has 4 nitrogen and oxygen atoms in total. The van der Waals surface area contributed by atoms with Crippen molar-refractivity contribution >= 4 is 5.91 Å². The smallest absolute Gasteiger partial charge is 0.327 e. The molecule has 0 saturated heterocycles. The second-order valence-electron chi connectivity index (χ2n) is 4.28. The molecule has 0 aromatic heterocycles. The fourth-order valence-electron chi connectivity index (χ4n) is 1.93. The van der Waals surface area contributed by atoms with Crippen molar-refractivity contribution in [2.75, 3.05) is 6.61 Å². The number of hydrogen-bond acceptors (Lipinski definition) is 3. The molecule has 1 aliphatic carbocycles. The van der Waals surface area contributed by atoms with Gasteiger partial charge in [0, 0.05) is 6.04 Å². The van der Waals surface area contributed by atoms with E-state index in [4.69, 9.17) is 5.73 Å². The normalized spacial score (nSPS) is 26.4. The van der Waals surface area contributed by atoms with Gasteiger partial charge in [-0.15, -0.1) is 0 Å². The minimum atomic E-state index is -4.45. The number of hydrogen-bond donors (Lipinski definition) is 2. The summed E-state index contributed by atoms with van der Waals surface area (Å²) in [5, 5.41) is 0. The zero-order valence-corrected chi connectivity index (χ0v) is 9.43. The molecule has 0 spiro atoms. The van der Waals surface area contributed by atoms with Crippen molar-refractivity contribution in [2.24, 2.45) is 11.7 Å². The van der Waals surface area contributed by atoms with Crippen molar-refractivity contribution in [1.82, 2.24) is 5.48 Å². The molecule has 0 aromatic rings. The Kier molecular flexibility index (Phi) is 5.20. The van der Waals surface area contributed by atoms with Crippen LogP contribution in [0.25, 0.3) is 0 Å². The van der Waals surface area contributed by atoms with Gasteiger partial charge < -0.3 is 5.73 Å². The third-order valence-corrected chi connectivity index (χ3v) is 2.81. The van der Waals surface area contributed by atoms with E-state index in [9.17, 15) is 18.0 Å². The van der Waals surface area contributed by atoms with Crippen LogP contribution in [-0.2, 0) is 9.63 Å². The van der Waals surface area contributed by atoms with Gasteiger partial charge in [0.2, 0.25) is 5.91 Å². The lowest BCUT2D eigenvalue weighted by Crippen LogP contribution is -2.42. The average molecular weight is 254 g/mol. The van der Waals surface area contributed by atoms with Crippen LogP contribution in [0.2, 0.25) is 0 Å². The second kappa shape index (κ2) is 6.20.